The molecular weight excluding hydrogens is 226 g/mol. The van der Waals surface area contributed by atoms with E-state index in [2.05, 4.69) is 5.32 Å². The predicted molar refractivity (Wildman–Crippen MR) is 64.1 cm³/mol. The van der Waals surface area contributed by atoms with E-state index in [1.807, 2.05) is 19.1 Å². The van der Waals surface area contributed by atoms with Crippen molar-refractivity contribution in [2.75, 3.05) is 19.0 Å². The van der Waals surface area contributed by atoms with Crippen molar-refractivity contribution in [1.29, 1.82) is 0 Å². The zero-order valence-corrected chi connectivity index (χ0v) is 10.1. The van der Waals surface area contributed by atoms with Crippen molar-refractivity contribution in [3.8, 4) is 0 Å². The summed E-state index contributed by atoms with van der Waals surface area (Å²) in [5.74, 6) is -0.455. The summed E-state index contributed by atoms with van der Waals surface area (Å²) in [6, 6.07) is 3.78. The smallest absolute Gasteiger partial charge is 0.313 e. The largest absolute Gasteiger partial charge is 0.469 e. The first kappa shape index (κ1) is 11.3. The molecule has 0 radical (unpaired) electrons. The molecule has 0 aliphatic carbocycles. The highest BCUT2D eigenvalue weighted by atomic mass is 35.5. The molecule has 1 aliphatic rings. The van der Waals surface area contributed by atoms with Crippen molar-refractivity contribution < 1.29 is 9.53 Å². The van der Waals surface area contributed by atoms with Crippen molar-refractivity contribution in [1.82, 2.24) is 0 Å². The lowest BCUT2D eigenvalue weighted by Gasteiger charge is -2.27. The molecule has 0 amide bonds. The molecule has 0 fully saturated rings. The van der Waals surface area contributed by atoms with Crippen LogP contribution in [0.4, 0.5) is 5.69 Å². The van der Waals surface area contributed by atoms with Crippen LogP contribution in [0.1, 0.15) is 23.5 Å². The average Bonchev–Trinajstić information content (AvgIpc) is 2.32. The van der Waals surface area contributed by atoms with Gasteiger partial charge in [-0.25, -0.2) is 0 Å². The third kappa shape index (κ3) is 1.76. The maximum absolute atomic E-state index is 11.7. The van der Waals surface area contributed by atoms with Crippen LogP contribution in [0.25, 0.3) is 0 Å². The number of carbonyl (C=O) groups is 1. The highest BCUT2D eigenvalue weighted by Crippen LogP contribution is 2.39. The van der Waals surface area contributed by atoms with E-state index in [4.69, 9.17) is 16.3 Å². The number of hydrogen-bond donors (Lipinski definition) is 1. The monoisotopic (exact) mass is 239 g/mol. The maximum Gasteiger partial charge on any atom is 0.313 e. The topological polar surface area (TPSA) is 38.3 Å². The fourth-order valence-electron chi connectivity index (χ4n) is 2.14. The summed E-state index contributed by atoms with van der Waals surface area (Å²) in [4.78, 5) is 11.7. The summed E-state index contributed by atoms with van der Waals surface area (Å²) in [7, 11) is 1.41. The van der Waals surface area contributed by atoms with Crippen LogP contribution < -0.4 is 5.32 Å². The second-order valence-corrected chi connectivity index (χ2v) is 4.35. The van der Waals surface area contributed by atoms with Gasteiger partial charge in [0, 0.05) is 22.8 Å². The Hall–Kier alpha value is -1.22. The number of halogens is 1. The van der Waals surface area contributed by atoms with Gasteiger partial charge in [0.15, 0.2) is 0 Å². The fraction of sp³-hybridized carbons (Fsp3) is 0.417. The zero-order valence-electron chi connectivity index (χ0n) is 9.34. The number of nitrogens with one attached hydrogen (secondary N) is 1. The molecule has 1 unspecified atom stereocenters. The Labute approximate surface area is 99.7 Å². The van der Waals surface area contributed by atoms with Gasteiger partial charge < -0.3 is 10.1 Å². The lowest BCUT2D eigenvalue weighted by atomic mass is 9.89. The van der Waals surface area contributed by atoms with Gasteiger partial charge in [-0.2, -0.15) is 0 Å². The number of esters is 1. The van der Waals surface area contributed by atoms with Gasteiger partial charge in [-0.15, -0.1) is 0 Å². The normalized spacial score (nSPS) is 18.6. The minimum Gasteiger partial charge on any atom is -0.469 e. The molecule has 1 heterocycles. The van der Waals surface area contributed by atoms with Crippen molar-refractivity contribution in [2.45, 2.75) is 19.3 Å². The SMILES string of the molecule is COC(=O)C1CCNc2c(C)ccc(Cl)c21. The molecule has 1 atom stereocenters. The van der Waals surface area contributed by atoms with Crippen molar-refractivity contribution in [3.05, 3.63) is 28.3 Å². The van der Waals surface area contributed by atoms with Gasteiger partial charge in [0.25, 0.3) is 0 Å². The Morgan fingerprint density at radius 3 is 3.00 bits per heavy atom. The van der Waals surface area contributed by atoms with Crippen LogP contribution in [0.5, 0.6) is 0 Å². The van der Waals surface area contributed by atoms with Crippen LogP contribution in [0.2, 0.25) is 5.02 Å². The molecule has 86 valence electrons. The first-order valence-electron chi connectivity index (χ1n) is 5.26. The van der Waals surface area contributed by atoms with Crippen LogP contribution >= 0.6 is 11.6 Å². The highest BCUT2D eigenvalue weighted by molar-refractivity contribution is 6.32. The molecular formula is C12H14ClNO2. The molecule has 4 heteroatoms. The first-order valence-corrected chi connectivity index (χ1v) is 5.63. The van der Waals surface area contributed by atoms with Gasteiger partial charge in [0.2, 0.25) is 0 Å². The minimum atomic E-state index is -0.242. The van der Waals surface area contributed by atoms with Gasteiger partial charge >= 0.3 is 5.97 Å². The molecule has 1 aromatic rings. The number of aryl methyl sites for hydroxylation is 1. The number of fused-ring (bicyclic) bond motifs is 1. The number of ether oxygens (including phenoxy) is 1. The van der Waals surface area contributed by atoms with Gasteiger partial charge in [-0.3, -0.25) is 4.79 Å². The van der Waals surface area contributed by atoms with E-state index in [0.29, 0.717) is 5.02 Å². The summed E-state index contributed by atoms with van der Waals surface area (Å²) in [5.41, 5.74) is 2.96. The van der Waals surface area contributed by atoms with E-state index in [0.717, 1.165) is 29.8 Å². The summed E-state index contributed by atoms with van der Waals surface area (Å²) in [5, 5.41) is 3.92. The maximum atomic E-state index is 11.7. The molecule has 1 aromatic carbocycles. The fourth-order valence-corrected chi connectivity index (χ4v) is 2.43. The van der Waals surface area contributed by atoms with Crippen LogP contribution in [-0.4, -0.2) is 19.6 Å². The standard InChI is InChI=1S/C12H14ClNO2/c1-7-3-4-9(13)10-8(12(15)16-2)5-6-14-11(7)10/h3-4,8,14H,5-6H2,1-2H3. The molecule has 1 aliphatic heterocycles. The quantitative estimate of drug-likeness (QED) is 0.766. The Morgan fingerprint density at radius 1 is 1.56 bits per heavy atom. The van der Waals surface area contributed by atoms with E-state index >= 15 is 0 Å². The Bertz CT molecular complexity index is 431. The van der Waals surface area contributed by atoms with E-state index in [1.54, 1.807) is 0 Å². The van der Waals surface area contributed by atoms with Gasteiger partial charge in [0.1, 0.15) is 0 Å². The van der Waals surface area contributed by atoms with Crippen molar-refractivity contribution >= 4 is 23.3 Å². The van der Waals surface area contributed by atoms with E-state index in [1.165, 1.54) is 7.11 Å². The van der Waals surface area contributed by atoms with Crippen molar-refractivity contribution in [2.24, 2.45) is 0 Å². The second kappa shape index (κ2) is 4.34. The van der Waals surface area contributed by atoms with Gasteiger partial charge in [0.05, 0.1) is 13.0 Å². The summed E-state index contributed by atoms with van der Waals surface area (Å²) in [6.07, 6.45) is 0.725. The molecule has 0 bridgehead atoms. The van der Waals surface area contributed by atoms with Gasteiger partial charge in [-0.1, -0.05) is 17.7 Å². The Morgan fingerprint density at radius 2 is 2.31 bits per heavy atom. The second-order valence-electron chi connectivity index (χ2n) is 3.94. The predicted octanol–water partition coefficient (Wildman–Crippen LogP) is 2.72. The Kier molecular flexibility index (Phi) is 3.06. The molecule has 0 spiro atoms. The molecule has 0 saturated carbocycles. The molecule has 16 heavy (non-hydrogen) atoms. The number of anilines is 1. The van der Waals surface area contributed by atoms with Crippen LogP contribution in [-0.2, 0) is 9.53 Å². The van der Waals surface area contributed by atoms with Crippen molar-refractivity contribution in [3.63, 3.8) is 0 Å². The third-order valence-corrected chi connectivity index (χ3v) is 3.30. The molecule has 2 rings (SSSR count). The molecule has 0 aromatic heterocycles. The lowest BCUT2D eigenvalue weighted by Crippen LogP contribution is -2.24. The first-order chi connectivity index (χ1) is 7.65. The molecule has 1 N–H and O–H groups in total. The van der Waals surface area contributed by atoms with Crippen LogP contribution in [0.15, 0.2) is 12.1 Å². The van der Waals surface area contributed by atoms with E-state index < -0.39 is 0 Å². The third-order valence-electron chi connectivity index (χ3n) is 2.97. The van der Waals surface area contributed by atoms with Crippen LogP contribution in [0, 0.1) is 6.92 Å². The summed E-state index contributed by atoms with van der Waals surface area (Å²) < 4.78 is 4.82. The number of hydrogen-bond acceptors (Lipinski definition) is 3. The number of benzene rings is 1. The molecule has 0 saturated heterocycles. The number of carbonyl (C=O) groups excluding carboxylic acids is 1. The Balaban J connectivity index is 2.53. The van der Waals surface area contributed by atoms with E-state index in [9.17, 15) is 4.79 Å². The zero-order chi connectivity index (χ0) is 11.7. The average molecular weight is 240 g/mol. The highest BCUT2D eigenvalue weighted by Gasteiger charge is 2.30. The number of rotatable bonds is 1. The minimum absolute atomic E-state index is 0.213. The van der Waals surface area contributed by atoms with Gasteiger partial charge in [-0.05, 0) is 25.0 Å². The number of methoxy groups -OCH3 is 1. The summed E-state index contributed by atoms with van der Waals surface area (Å²) >= 11 is 6.16. The lowest BCUT2D eigenvalue weighted by molar-refractivity contribution is -0.142. The molecule has 3 nitrogen and oxygen atoms in total. The van der Waals surface area contributed by atoms with Crippen LogP contribution in [0.3, 0.4) is 0 Å². The van der Waals surface area contributed by atoms with E-state index in [-0.39, 0.29) is 11.9 Å². The summed E-state index contributed by atoms with van der Waals surface area (Å²) in [6.45, 7) is 2.77.